The van der Waals surface area contributed by atoms with Crippen LogP contribution in [0.3, 0.4) is 0 Å². The smallest absolute Gasteiger partial charge is 0.355 e. The second kappa shape index (κ2) is 10.4. The van der Waals surface area contributed by atoms with E-state index in [1.165, 1.54) is 0 Å². The van der Waals surface area contributed by atoms with Crippen molar-refractivity contribution in [2.75, 3.05) is 18.7 Å². The Morgan fingerprint density at radius 2 is 1.82 bits per heavy atom. The van der Waals surface area contributed by atoms with Crippen LogP contribution in [0.5, 0.6) is 5.75 Å². The summed E-state index contributed by atoms with van der Waals surface area (Å²) in [7, 11) is 0.0292. The molecular formula is C24H23ClN2O6S. The minimum absolute atomic E-state index is 0.00618. The molecule has 0 spiro atoms. The van der Waals surface area contributed by atoms with Gasteiger partial charge in [0.15, 0.2) is 0 Å². The first kappa shape index (κ1) is 24.0. The fourth-order valence-electron chi connectivity index (χ4n) is 3.89. The van der Waals surface area contributed by atoms with E-state index < -0.39 is 34.1 Å². The summed E-state index contributed by atoms with van der Waals surface area (Å²) in [6, 6.07) is 15.1. The largest absolute Gasteiger partial charge is 0.497 e. The number of nitrogens with one attached hydrogen (secondary N) is 1. The number of benzene rings is 2. The predicted molar refractivity (Wildman–Crippen MR) is 126 cm³/mol. The molecule has 3 atom stereocenters. The molecule has 34 heavy (non-hydrogen) atoms. The molecule has 2 aromatic rings. The summed E-state index contributed by atoms with van der Waals surface area (Å²) in [4.78, 5) is 39.5. The van der Waals surface area contributed by atoms with Gasteiger partial charge in [-0.25, -0.2) is 4.79 Å². The maximum absolute atomic E-state index is 12.9. The number of carbonyl (C=O) groups excluding carboxylic acids is 3. The van der Waals surface area contributed by atoms with Crippen LogP contribution in [0.15, 0.2) is 65.9 Å². The van der Waals surface area contributed by atoms with Crippen LogP contribution in [-0.2, 0) is 42.9 Å². The zero-order chi connectivity index (χ0) is 24.2. The molecule has 2 aliphatic heterocycles. The number of hydrogen-bond donors (Lipinski definition) is 1. The van der Waals surface area contributed by atoms with Gasteiger partial charge >= 0.3 is 5.97 Å². The molecule has 1 unspecified atom stereocenters. The highest BCUT2D eigenvalue weighted by Crippen LogP contribution is 2.36. The zero-order valence-corrected chi connectivity index (χ0v) is 19.9. The number of methoxy groups -OCH3 is 1. The van der Waals surface area contributed by atoms with Crippen LogP contribution in [0, 0.1) is 0 Å². The van der Waals surface area contributed by atoms with Gasteiger partial charge in [0.25, 0.3) is 5.91 Å². The van der Waals surface area contributed by atoms with Crippen LogP contribution < -0.4 is 10.1 Å². The van der Waals surface area contributed by atoms with Crippen LogP contribution in [0.25, 0.3) is 0 Å². The summed E-state index contributed by atoms with van der Waals surface area (Å²) in [5, 5.41) is 1.82. The fraction of sp³-hybridized carbons (Fsp3) is 0.292. The van der Waals surface area contributed by atoms with Crippen LogP contribution in [0.4, 0.5) is 0 Å². The second-order valence-corrected chi connectivity index (χ2v) is 9.64. The molecule has 178 valence electrons. The molecule has 2 amide bonds. The van der Waals surface area contributed by atoms with Gasteiger partial charge in [0.05, 0.1) is 30.1 Å². The third-order valence-electron chi connectivity index (χ3n) is 5.61. The van der Waals surface area contributed by atoms with E-state index in [-0.39, 0.29) is 36.3 Å². The van der Waals surface area contributed by atoms with Gasteiger partial charge in [-0.15, -0.1) is 11.6 Å². The quantitative estimate of drug-likeness (QED) is 0.336. The van der Waals surface area contributed by atoms with Crippen molar-refractivity contribution in [2.24, 2.45) is 0 Å². The van der Waals surface area contributed by atoms with E-state index in [2.05, 4.69) is 5.32 Å². The maximum Gasteiger partial charge on any atom is 0.355 e. The molecule has 4 rings (SSSR count). The number of ether oxygens (including phenoxy) is 2. The van der Waals surface area contributed by atoms with Gasteiger partial charge in [0.2, 0.25) is 5.91 Å². The van der Waals surface area contributed by atoms with Crippen molar-refractivity contribution in [2.45, 2.75) is 24.4 Å². The highest BCUT2D eigenvalue weighted by molar-refractivity contribution is 7.86. The molecule has 2 aliphatic rings. The lowest BCUT2D eigenvalue weighted by molar-refractivity contribution is -0.153. The van der Waals surface area contributed by atoms with Gasteiger partial charge in [0.1, 0.15) is 29.5 Å². The fourth-order valence-corrected chi connectivity index (χ4v) is 5.91. The van der Waals surface area contributed by atoms with Gasteiger partial charge in [-0.2, -0.15) is 0 Å². The van der Waals surface area contributed by atoms with Gasteiger partial charge in [-0.3, -0.25) is 18.7 Å². The molecular weight excluding hydrogens is 480 g/mol. The first-order chi connectivity index (χ1) is 16.4. The van der Waals surface area contributed by atoms with Gasteiger partial charge in [0, 0.05) is 5.88 Å². The van der Waals surface area contributed by atoms with Crippen molar-refractivity contribution >= 4 is 40.2 Å². The molecule has 10 heteroatoms. The normalized spacial score (nSPS) is 21.4. The van der Waals surface area contributed by atoms with E-state index in [1.54, 1.807) is 43.5 Å². The lowest BCUT2D eigenvalue weighted by Gasteiger charge is -2.49. The average molecular weight is 503 g/mol. The summed E-state index contributed by atoms with van der Waals surface area (Å²) in [5.74, 6) is -0.978. The van der Waals surface area contributed by atoms with Crippen molar-refractivity contribution in [1.82, 2.24) is 10.2 Å². The number of rotatable bonds is 8. The van der Waals surface area contributed by atoms with Crippen molar-refractivity contribution in [1.29, 1.82) is 0 Å². The van der Waals surface area contributed by atoms with Crippen LogP contribution >= 0.6 is 11.6 Å². The molecule has 0 aromatic heterocycles. The molecule has 0 aliphatic carbocycles. The number of fused-ring (bicyclic) bond motifs is 1. The number of hydrogen-bond acceptors (Lipinski definition) is 6. The number of esters is 1. The summed E-state index contributed by atoms with van der Waals surface area (Å²) < 4.78 is 23.4. The molecule has 2 heterocycles. The molecule has 0 bridgehead atoms. The van der Waals surface area contributed by atoms with E-state index in [9.17, 15) is 18.6 Å². The highest BCUT2D eigenvalue weighted by atomic mass is 35.5. The van der Waals surface area contributed by atoms with E-state index in [0.717, 1.165) is 16.0 Å². The molecule has 1 saturated heterocycles. The van der Waals surface area contributed by atoms with Crippen molar-refractivity contribution in [3.63, 3.8) is 0 Å². The Bertz CT molecular complexity index is 1150. The number of nitrogens with zero attached hydrogens (tertiary/aromatic N) is 1. The Morgan fingerprint density at radius 3 is 2.47 bits per heavy atom. The Balaban J connectivity index is 1.45. The third-order valence-corrected chi connectivity index (χ3v) is 7.59. The first-order valence-corrected chi connectivity index (χ1v) is 12.5. The van der Waals surface area contributed by atoms with Crippen molar-refractivity contribution < 1.29 is 28.1 Å². The second-order valence-electron chi connectivity index (χ2n) is 7.84. The van der Waals surface area contributed by atoms with Crippen molar-refractivity contribution in [3.8, 4) is 5.75 Å². The van der Waals surface area contributed by atoms with E-state index in [0.29, 0.717) is 11.3 Å². The minimum atomic E-state index is -1.53. The lowest BCUT2D eigenvalue weighted by atomic mass is 10.0. The number of β-lactam (4-membered cyclic amide) rings is 1. The standard InChI is InChI=1S/C24H23ClN2O6S/c1-32-18-9-7-16(8-10-18)13-33-24(30)21-17(12-25)14-34(31)23-20(22(29)27(21)23)26-19(28)11-15-5-3-2-4-6-15/h2-10,20,23H,11-14H2,1H3,(H,26,28)/t20-,23-,34?/m1/s1. The number of halogens is 1. The summed E-state index contributed by atoms with van der Waals surface area (Å²) in [5.41, 5.74) is 1.91. The van der Waals surface area contributed by atoms with Gasteiger partial charge < -0.3 is 14.8 Å². The summed E-state index contributed by atoms with van der Waals surface area (Å²) >= 11 is 6.01. The van der Waals surface area contributed by atoms with E-state index in [1.807, 2.05) is 18.2 Å². The zero-order valence-electron chi connectivity index (χ0n) is 18.4. The van der Waals surface area contributed by atoms with Crippen molar-refractivity contribution in [3.05, 3.63) is 77.0 Å². The minimum Gasteiger partial charge on any atom is -0.497 e. The lowest BCUT2D eigenvalue weighted by Crippen LogP contribution is -2.73. The van der Waals surface area contributed by atoms with Crippen LogP contribution in [-0.4, -0.2) is 57.1 Å². The number of alkyl halides is 1. The summed E-state index contributed by atoms with van der Waals surface area (Å²) in [6.07, 6.45) is 0.0868. The van der Waals surface area contributed by atoms with Crippen LogP contribution in [0.2, 0.25) is 0 Å². The topological polar surface area (TPSA) is 102 Å². The first-order valence-electron chi connectivity index (χ1n) is 10.5. The average Bonchev–Trinajstić information content (AvgIpc) is 2.86. The Morgan fingerprint density at radius 1 is 1.12 bits per heavy atom. The molecule has 8 nitrogen and oxygen atoms in total. The Labute approximate surface area is 204 Å². The SMILES string of the molecule is COc1ccc(COC(=O)C2=C(CCl)CS(=O)[C@@H]3[C@H](NC(=O)Cc4ccccc4)C(=O)N23)cc1. The third kappa shape index (κ3) is 4.85. The van der Waals surface area contributed by atoms with Crippen LogP contribution in [0.1, 0.15) is 11.1 Å². The maximum atomic E-state index is 12.9. The number of amides is 2. The molecule has 0 saturated carbocycles. The monoisotopic (exact) mass is 502 g/mol. The predicted octanol–water partition coefficient (Wildman–Crippen LogP) is 1.89. The van der Waals surface area contributed by atoms with E-state index >= 15 is 0 Å². The van der Waals surface area contributed by atoms with Gasteiger partial charge in [-0.1, -0.05) is 42.5 Å². The van der Waals surface area contributed by atoms with Gasteiger partial charge in [-0.05, 0) is 28.8 Å². The summed E-state index contributed by atoms with van der Waals surface area (Å²) in [6.45, 7) is -0.0189. The molecule has 1 N–H and O–H groups in total. The van der Waals surface area contributed by atoms with E-state index in [4.69, 9.17) is 21.1 Å². The number of carbonyl (C=O) groups is 3. The molecule has 1 fully saturated rings. The highest BCUT2D eigenvalue weighted by Gasteiger charge is 2.57. The molecule has 0 radical (unpaired) electrons. The molecule has 2 aromatic carbocycles. The Hall–Kier alpha value is -3.17. The Kier molecular flexibility index (Phi) is 7.33.